The Morgan fingerprint density at radius 3 is 2.43 bits per heavy atom. The van der Waals surface area contributed by atoms with E-state index in [1.807, 2.05) is 13.8 Å². The summed E-state index contributed by atoms with van der Waals surface area (Å²) in [6.07, 6.45) is 0.995. The second-order valence-electron chi connectivity index (χ2n) is 5.92. The van der Waals surface area contributed by atoms with Crippen molar-refractivity contribution in [3.63, 3.8) is 0 Å². The summed E-state index contributed by atoms with van der Waals surface area (Å²) in [5.41, 5.74) is 0. The highest BCUT2D eigenvalue weighted by molar-refractivity contribution is 7.92. The molecule has 21 heavy (non-hydrogen) atoms. The SMILES string of the molecule is CCC(C)C1NC(=O)CCN(CCS(=O)(=O)C(C)C)C1=O. The van der Waals surface area contributed by atoms with Crippen LogP contribution in [0.15, 0.2) is 0 Å². The molecule has 0 spiro atoms. The second kappa shape index (κ2) is 7.24. The third kappa shape index (κ3) is 4.69. The number of amides is 2. The van der Waals surface area contributed by atoms with Gasteiger partial charge in [-0.2, -0.15) is 0 Å². The molecule has 2 unspecified atom stereocenters. The van der Waals surface area contributed by atoms with Crippen molar-refractivity contribution in [2.75, 3.05) is 18.8 Å². The number of nitrogens with one attached hydrogen (secondary N) is 1. The zero-order valence-corrected chi connectivity index (χ0v) is 14.1. The molecule has 6 nitrogen and oxygen atoms in total. The largest absolute Gasteiger partial charge is 0.344 e. The molecule has 1 saturated heterocycles. The van der Waals surface area contributed by atoms with Gasteiger partial charge in [-0.3, -0.25) is 9.59 Å². The molecule has 1 aliphatic heterocycles. The Labute approximate surface area is 127 Å². The Bertz CT molecular complexity index is 487. The fraction of sp³-hybridized carbons (Fsp3) is 0.857. The fourth-order valence-corrected chi connectivity index (χ4v) is 3.11. The Balaban J connectivity index is 2.81. The molecule has 2 amide bonds. The summed E-state index contributed by atoms with van der Waals surface area (Å²) >= 11 is 0. The van der Waals surface area contributed by atoms with Gasteiger partial charge in [0.1, 0.15) is 6.04 Å². The summed E-state index contributed by atoms with van der Waals surface area (Å²) in [5, 5.41) is 2.30. The van der Waals surface area contributed by atoms with Crippen molar-refractivity contribution in [2.45, 2.75) is 51.8 Å². The lowest BCUT2D eigenvalue weighted by molar-refractivity contribution is -0.134. The number of carbonyl (C=O) groups is 2. The third-order valence-corrected chi connectivity index (χ3v) is 6.27. The Morgan fingerprint density at radius 2 is 1.90 bits per heavy atom. The maximum absolute atomic E-state index is 12.5. The number of sulfone groups is 1. The fourth-order valence-electron chi connectivity index (χ4n) is 2.17. The Morgan fingerprint density at radius 1 is 1.29 bits per heavy atom. The molecular formula is C14H26N2O4S. The van der Waals surface area contributed by atoms with E-state index in [1.165, 1.54) is 4.90 Å². The molecule has 0 saturated carbocycles. The van der Waals surface area contributed by atoms with Gasteiger partial charge in [0.2, 0.25) is 11.8 Å². The maximum atomic E-state index is 12.5. The molecular weight excluding hydrogens is 292 g/mol. The highest BCUT2D eigenvalue weighted by Crippen LogP contribution is 2.15. The molecule has 1 fully saturated rings. The van der Waals surface area contributed by atoms with Gasteiger partial charge in [0.15, 0.2) is 9.84 Å². The monoisotopic (exact) mass is 318 g/mol. The minimum atomic E-state index is -3.19. The summed E-state index contributed by atoms with van der Waals surface area (Å²) in [5.74, 6) is -0.349. The van der Waals surface area contributed by atoms with Crippen LogP contribution in [0.4, 0.5) is 0 Å². The molecule has 0 bridgehead atoms. The van der Waals surface area contributed by atoms with E-state index < -0.39 is 21.1 Å². The molecule has 0 aliphatic carbocycles. The first kappa shape index (κ1) is 17.9. The van der Waals surface area contributed by atoms with Crippen molar-refractivity contribution < 1.29 is 18.0 Å². The summed E-state index contributed by atoms with van der Waals surface area (Å²) in [6.45, 7) is 7.57. The normalized spacial score (nSPS) is 22.1. The minimum Gasteiger partial charge on any atom is -0.344 e. The zero-order chi connectivity index (χ0) is 16.2. The lowest BCUT2D eigenvalue weighted by atomic mass is 9.98. The van der Waals surface area contributed by atoms with E-state index in [9.17, 15) is 18.0 Å². The first-order chi connectivity index (χ1) is 9.69. The van der Waals surface area contributed by atoms with Crippen molar-refractivity contribution in [1.82, 2.24) is 10.2 Å². The van der Waals surface area contributed by atoms with Gasteiger partial charge in [-0.05, 0) is 19.8 Å². The van der Waals surface area contributed by atoms with Crippen molar-refractivity contribution >= 4 is 21.7 Å². The smallest absolute Gasteiger partial charge is 0.245 e. The van der Waals surface area contributed by atoms with E-state index in [1.54, 1.807) is 13.8 Å². The van der Waals surface area contributed by atoms with E-state index in [0.29, 0.717) is 0 Å². The number of carbonyl (C=O) groups excluding carboxylic acids is 2. The molecule has 0 radical (unpaired) electrons. The predicted octanol–water partition coefficient (Wildman–Crippen LogP) is 0.573. The highest BCUT2D eigenvalue weighted by atomic mass is 32.2. The maximum Gasteiger partial charge on any atom is 0.245 e. The minimum absolute atomic E-state index is 0.0313. The van der Waals surface area contributed by atoms with Crippen LogP contribution in [0.2, 0.25) is 0 Å². The second-order valence-corrected chi connectivity index (χ2v) is 8.60. The van der Waals surface area contributed by atoms with Crippen LogP contribution < -0.4 is 5.32 Å². The Kier molecular flexibility index (Phi) is 6.19. The molecule has 122 valence electrons. The predicted molar refractivity (Wildman–Crippen MR) is 81.5 cm³/mol. The quantitative estimate of drug-likeness (QED) is 0.776. The van der Waals surface area contributed by atoms with Crippen molar-refractivity contribution in [3.8, 4) is 0 Å². The van der Waals surface area contributed by atoms with Crippen LogP contribution in [0.3, 0.4) is 0 Å². The number of rotatable bonds is 6. The van der Waals surface area contributed by atoms with Gasteiger partial charge < -0.3 is 10.2 Å². The molecule has 7 heteroatoms. The highest BCUT2D eigenvalue weighted by Gasteiger charge is 2.33. The zero-order valence-electron chi connectivity index (χ0n) is 13.3. The van der Waals surface area contributed by atoms with Crippen molar-refractivity contribution in [1.29, 1.82) is 0 Å². The van der Waals surface area contributed by atoms with E-state index in [0.717, 1.165) is 6.42 Å². The van der Waals surface area contributed by atoms with Crippen molar-refractivity contribution in [3.05, 3.63) is 0 Å². The third-order valence-electron chi connectivity index (χ3n) is 4.08. The average Bonchev–Trinajstić information content (AvgIpc) is 2.56. The first-order valence-corrected chi connectivity index (χ1v) is 9.20. The lowest BCUT2D eigenvalue weighted by Gasteiger charge is -2.27. The molecule has 1 N–H and O–H groups in total. The van der Waals surface area contributed by atoms with E-state index >= 15 is 0 Å². The molecule has 2 atom stereocenters. The van der Waals surface area contributed by atoms with Gasteiger partial charge in [-0.25, -0.2) is 8.42 Å². The molecule has 1 aliphatic rings. The van der Waals surface area contributed by atoms with Crippen molar-refractivity contribution in [2.24, 2.45) is 5.92 Å². The summed E-state index contributed by atoms with van der Waals surface area (Å²) in [6, 6.07) is -0.549. The molecule has 0 aromatic rings. The molecule has 0 aromatic carbocycles. The van der Waals surface area contributed by atoms with Gasteiger partial charge in [0, 0.05) is 19.5 Å². The average molecular weight is 318 g/mol. The van der Waals surface area contributed by atoms with Crippen LogP contribution >= 0.6 is 0 Å². The molecule has 1 heterocycles. The topological polar surface area (TPSA) is 83.6 Å². The molecule has 1 rings (SSSR count). The number of hydrogen-bond acceptors (Lipinski definition) is 4. The summed E-state index contributed by atoms with van der Waals surface area (Å²) in [4.78, 5) is 25.7. The van der Waals surface area contributed by atoms with Crippen LogP contribution in [0, 0.1) is 5.92 Å². The van der Waals surface area contributed by atoms with Crippen LogP contribution in [0.5, 0.6) is 0 Å². The lowest BCUT2D eigenvalue weighted by Crippen LogP contribution is -2.49. The first-order valence-electron chi connectivity index (χ1n) is 7.48. The van der Waals surface area contributed by atoms with E-state index in [2.05, 4.69) is 5.32 Å². The van der Waals surface area contributed by atoms with E-state index in [-0.39, 0.29) is 43.0 Å². The van der Waals surface area contributed by atoms with Gasteiger partial charge in [-0.1, -0.05) is 20.3 Å². The van der Waals surface area contributed by atoms with Crippen LogP contribution in [-0.2, 0) is 19.4 Å². The van der Waals surface area contributed by atoms with Gasteiger partial charge >= 0.3 is 0 Å². The molecule has 0 aromatic heterocycles. The van der Waals surface area contributed by atoms with Crippen LogP contribution in [0.25, 0.3) is 0 Å². The van der Waals surface area contributed by atoms with Gasteiger partial charge in [0.05, 0.1) is 11.0 Å². The van der Waals surface area contributed by atoms with E-state index in [4.69, 9.17) is 0 Å². The van der Waals surface area contributed by atoms with Gasteiger partial charge in [-0.15, -0.1) is 0 Å². The van der Waals surface area contributed by atoms with Gasteiger partial charge in [0.25, 0.3) is 0 Å². The Hall–Kier alpha value is -1.11. The van der Waals surface area contributed by atoms with Crippen LogP contribution in [0.1, 0.15) is 40.5 Å². The number of nitrogens with zero attached hydrogens (tertiary/aromatic N) is 1. The number of hydrogen-bond donors (Lipinski definition) is 1. The summed E-state index contributed by atoms with van der Waals surface area (Å²) in [7, 11) is -3.19. The summed E-state index contributed by atoms with van der Waals surface area (Å²) < 4.78 is 23.8. The van der Waals surface area contributed by atoms with Crippen LogP contribution in [-0.4, -0.2) is 55.3 Å². The standard InChI is InChI=1S/C14H26N2O4S/c1-5-11(4)13-14(18)16(7-6-12(17)15-13)8-9-21(19,20)10(2)3/h10-11,13H,5-9H2,1-4H3,(H,15,17).